The van der Waals surface area contributed by atoms with Crippen molar-refractivity contribution in [1.29, 1.82) is 5.26 Å². The highest BCUT2D eigenvalue weighted by Gasteiger charge is 2.13. The lowest BCUT2D eigenvalue weighted by molar-refractivity contribution is 0.0777. The van der Waals surface area contributed by atoms with Gasteiger partial charge in [-0.15, -0.1) is 0 Å². The van der Waals surface area contributed by atoms with Crippen molar-refractivity contribution < 1.29 is 4.74 Å². The first-order valence-corrected chi connectivity index (χ1v) is 10.9. The summed E-state index contributed by atoms with van der Waals surface area (Å²) < 4.78 is 7.30. The standard InChI is InChI=1S/C15H22N4OSi/c1-21(2,3)8-7-20-12-19-15(11-16)10-14(18-19)9-13-5-4-6-17-13/h4-6,10,17H,7-9,12H2,1-3H3. The summed E-state index contributed by atoms with van der Waals surface area (Å²) in [6.45, 7) is 8.03. The fourth-order valence-electron chi connectivity index (χ4n) is 1.95. The van der Waals surface area contributed by atoms with Crippen molar-refractivity contribution in [3.63, 3.8) is 0 Å². The highest BCUT2D eigenvalue weighted by molar-refractivity contribution is 6.76. The zero-order valence-corrected chi connectivity index (χ0v) is 13.9. The molecule has 0 fully saturated rings. The summed E-state index contributed by atoms with van der Waals surface area (Å²) in [6.07, 6.45) is 2.58. The van der Waals surface area contributed by atoms with E-state index in [-0.39, 0.29) is 0 Å². The van der Waals surface area contributed by atoms with Gasteiger partial charge in [0.05, 0.1) is 5.69 Å². The molecule has 0 aromatic carbocycles. The maximum atomic E-state index is 9.18. The largest absolute Gasteiger partial charge is 0.365 e. The molecule has 6 heteroatoms. The predicted molar refractivity (Wildman–Crippen MR) is 84.6 cm³/mol. The van der Waals surface area contributed by atoms with Crippen LogP contribution < -0.4 is 0 Å². The van der Waals surface area contributed by atoms with Crippen LogP contribution in [-0.4, -0.2) is 29.4 Å². The zero-order valence-electron chi connectivity index (χ0n) is 12.9. The number of aromatic amines is 1. The second-order valence-corrected chi connectivity index (χ2v) is 12.0. The number of nitriles is 1. The molecule has 0 aliphatic carbocycles. The Morgan fingerprint density at radius 2 is 2.24 bits per heavy atom. The quantitative estimate of drug-likeness (QED) is 0.631. The highest BCUT2D eigenvalue weighted by Crippen LogP contribution is 2.11. The fraction of sp³-hybridized carbons (Fsp3) is 0.467. The second kappa shape index (κ2) is 6.74. The van der Waals surface area contributed by atoms with Crippen molar-refractivity contribution in [2.45, 2.75) is 38.8 Å². The summed E-state index contributed by atoms with van der Waals surface area (Å²) >= 11 is 0. The molecule has 0 aliphatic heterocycles. The number of ether oxygens (including phenoxy) is 1. The minimum Gasteiger partial charge on any atom is -0.365 e. The average molecular weight is 302 g/mol. The summed E-state index contributed by atoms with van der Waals surface area (Å²) in [4.78, 5) is 3.14. The first-order chi connectivity index (χ1) is 9.98. The third-order valence-electron chi connectivity index (χ3n) is 3.19. The number of aromatic nitrogens is 3. The third-order valence-corrected chi connectivity index (χ3v) is 4.89. The summed E-state index contributed by atoms with van der Waals surface area (Å²) in [5, 5.41) is 13.6. The topological polar surface area (TPSA) is 66.6 Å². The molecule has 5 nitrogen and oxygen atoms in total. The number of nitrogens with one attached hydrogen (secondary N) is 1. The van der Waals surface area contributed by atoms with Crippen molar-refractivity contribution in [3.05, 3.63) is 41.5 Å². The van der Waals surface area contributed by atoms with Crippen molar-refractivity contribution in [1.82, 2.24) is 14.8 Å². The molecule has 21 heavy (non-hydrogen) atoms. The first kappa shape index (κ1) is 15.5. The fourth-order valence-corrected chi connectivity index (χ4v) is 2.70. The van der Waals surface area contributed by atoms with Crippen LogP contribution >= 0.6 is 0 Å². The van der Waals surface area contributed by atoms with Gasteiger partial charge in [0.1, 0.15) is 18.5 Å². The van der Waals surface area contributed by atoms with Gasteiger partial charge in [-0.05, 0) is 24.2 Å². The van der Waals surface area contributed by atoms with E-state index in [1.165, 1.54) is 0 Å². The Balaban J connectivity index is 1.93. The van der Waals surface area contributed by atoms with Gasteiger partial charge < -0.3 is 9.72 Å². The molecule has 0 spiro atoms. The van der Waals surface area contributed by atoms with Gasteiger partial charge >= 0.3 is 0 Å². The Morgan fingerprint density at radius 3 is 2.86 bits per heavy atom. The Labute approximate surface area is 126 Å². The normalized spacial score (nSPS) is 11.5. The van der Waals surface area contributed by atoms with Crippen LogP contribution in [0.4, 0.5) is 0 Å². The summed E-state index contributed by atoms with van der Waals surface area (Å²) in [6, 6.07) is 9.08. The minimum atomic E-state index is -1.08. The lowest BCUT2D eigenvalue weighted by Crippen LogP contribution is -2.22. The molecule has 0 unspecified atom stereocenters. The van der Waals surface area contributed by atoms with Gasteiger partial charge in [0.2, 0.25) is 0 Å². The van der Waals surface area contributed by atoms with Gasteiger partial charge in [0.25, 0.3) is 0 Å². The molecule has 0 radical (unpaired) electrons. The second-order valence-electron chi connectivity index (χ2n) is 6.35. The molecular formula is C15H22N4OSi. The van der Waals surface area contributed by atoms with E-state index in [1.54, 1.807) is 4.68 Å². The van der Waals surface area contributed by atoms with E-state index in [0.717, 1.165) is 24.0 Å². The average Bonchev–Trinajstić information content (AvgIpc) is 3.03. The van der Waals surface area contributed by atoms with E-state index in [9.17, 15) is 5.26 Å². The van der Waals surface area contributed by atoms with Crippen LogP contribution in [0.1, 0.15) is 17.1 Å². The van der Waals surface area contributed by atoms with Crippen molar-refractivity contribution in [2.24, 2.45) is 0 Å². The molecule has 1 N–H and O–H groups in total. The number of hydrogen-bond acceptors (Lipinski definition) is 3. The van der Waals surface area contributed by atoms with Gasteiger partial charge in [-0.3, -0.25) is 0 Å². The van der Waals surface area contributed by atoms with Crippen LogP contribution in [0.3, 0.4) is 0 Å². The van der Waals surface area contributed by atoms with E-state index in [0.29, 0.717) is 18.8 Å². The van der Waals surface area contributed by atoms with Crippen LogP contribution in [-0.2, 0) is 17.9 Å². The molecule has 112 valence electrons. The SMILES string of the molecule is C[Si](C)(C)CCOCn1nc(Cc2ccc[nH]2)cc1C#N. The molecule has 2 heterocycles. The van der Waals surface area contributed by atoms with Crippen LogP contribution in [0.5, 0.6) is 0 Å². The van der Waals surface area contributed by atoms with E-state index >= 15 is 0 Å². The van der Waals surface area contributed by atoms with Crippen molar-refractivity contribution in [3.8, 4) is 6.07 Å². The molecular weight excluding hydrogens is 280 g/mol. The molecule has 0 saturated carbocycles. The summed E-state index contributed by atoms with van der Waals surface area (Å²) in [7, 11) is -1.08. The molecule has 0 atom stereocenters. The van der Waals surface area contributed by atoms with Crippen LogP contribution in [0.2, 0.25) is 25.7 Å². The smallest absolute Gasteiger partial charge is 0.141 e. The monoisotopic (exact) mass is 302 g/mol. The molecule has 2 aromatic rings. The van der Waals surface area contributed by atoms with Crippen LogP contribution in [0, 0.1) is 11.3 Å². The maximum Gasteiger partial charge on any atom is 0.141 e. The predicted octanol–water partition coefficient (Wildman–Crippen LogP) is 2.99. The molecule has 0 amide bonds. The molecule has 2 rings (SSSR count). The maximum absolute atomic E-state index is 9.18. The Hall–Kier alpha value is -1.84. The number of H-pyrrole nitrogens is 1. The number of rotatable bonds is 7. The van der Waals surface area contributed by atoms with Crippen LogP contribution in [0.15, 0.2) is 24.4 Å². The van der Waals surface area contributed by atoms with Gasteiger partial charge in [-0.2, -0.15) is 10.4 Å². The first-order valence-electron chi connectivity index (χ1n) is 7.15. The van der Waals surface area contributed by atoms with Crippen molar-refractivity contribution >= 4 is 8.07 Å². The van der Waals surface area contributed by atoms with E-state index < -0.39 is 8.07 Å². The lowest BCUT2D eigenvalue weighted by Gasteiger charge is -2.15. The Bertz CT molecular complexity index is 605. The van der Waals surface area contributed by atoms with E-state index in [4.69, 9.17) is 4.74 Å². The van der Waals surface area contributed by atoms with Gasteiger partial charge in [-0.25, -0.2) is 4.68 Å². The summed E-state index contributed by atoms with van der Waals surface area (Å²) in [5.74, 6) is 0. The highest BCUT2D eigenvalue weighted by atomic mass is 28.3. The lowest BCUT2D eigenvalue weighted by atomic mass is 10.2. The molecule has 2 aromatic heterocycles. The Kier molecular flexibility index (Phi) is 4.99. The van der Waals surface area contributed by atoms with Crippen molar-refractivity contribution in [2.75, 3.05) is 6.61 Å². The van der Waals surface area contributed by atoms with E-state index in [1.807, 2.05) is 24.4 Å². The van der Waals surface area contributed by atoms with Gasteiger partial charge in [-0.1, -0.05) is 19.6 Å². The Morgan fingerprint density at radius 1 is 1.43 bits per heavy atom. The minimum absolute atomic E-state index is 0.345. The van der Waals surface area contributed by atoms with Gasteiger partial charge in [0.15, 0.2) is 0 Å². The summed E-state index contributed by atoms with van der Waals surface area (Å²) in [5.41, 5.74) is 2.51. The van der Waals surface area contributed by atoms with Gasteiger partial charge in [0, 0.05) is 33.0 Å². The molecule has 0 saturated heterocycles. The van der Waals surface area contributed by atoms with E-state index in [2.05, 4.69) is 35.8 Å². The molecule has 0 aliphatic rings. The third kappa shape index (κ3) is 4.88. The molecule has 0 bridgehead atoms. The van der Waals surface area contributed by atoms with Crippen LogP contribution in [0.25, 0.3) is 0 Å². The zero-order chi connectivity index (χ0) is 15.3. The number of nitrogens with zero attached hydrogens (tertiary/aromatic N) is 3. The number of hydrogen-bond donors (Lipinski definition) is 1.